The van der Waals surface area contributed by atoms with Crippen molar-refractivity contribution in [3.63, 3.8) is 0 Å². The van der Waals surface area contributed by atoms with Gasteiger partial charge in [0.2, 0.25) is 0 Å². The molecule has 0 unspecified atom stereocenters. The fourth-order valence-electron chi connectivity index (χ4n) is 13.1. The quantitative estimate of drug-likeness (QED) is 0.142. The Kier molecular flexibility index (Phi) is 16.6. The van der Waals surface area contributed by atoms with Gasteiger partial charge in [0.1, 0.15) is 0 Å². The molecule has 0 saturated heterocycles. The molecule has 0 aliphatic carbocycles. The molecule has 12 heteroatoms. The highest BCUT2D eigenvalue weighted by Gasteiger charge is 2.19. The van der Waals surface area contributed by atoms with Gasteiger partial charge in [-0.05, 0) is 66.8 Å². The molecule has 12 nitrogen and oxygen atoms in total. The van der Waals surface area contributed by atoms with E-state index in [9.17, 15) is 0 Å². The summed E-state index contributed by atoms with van der Waals surface area (Å²) in [5.41, 5.74) is 22.4. The molecule has 0 saturated carbocycles. The third kappa shape index (κ3) is 13.9. The van der Waals surface area contributed by atoms with Crippen LogP contribution < -0.4 is 0 Å². The van der Waals surface area contributed by atoms with Crippen molar-refractivity contribution < 1.29 is 0 Å². The zero-order valence-corrected chi connectivity index (χ0v) is 58.0. The van der Waals surface area contributed by atoms with E-state index in [1.165, 1.54) is 0 Å². The Labute approximate surface area is 623 Å². The van der Waals surface area contributed by atoms with Crippen molar-refractivity contribution in [1.82, 2.24) is 59.8 Å². The molecule has 16 aromatic rings. The molecule has 0 N–H and O–H groups in total. The lowest BCUT2D eigenvalue weighted by molar-refractivity contribution is 1.07. The first-order valence-corrected chi connectivity index (χ1v) is 35.7. The number of aromatic nitrogens is 12. The Balaban J connectivity index is 0.789. The fourth-order valence-corrected chi connectivity index (χ4v) is 13.1. The van der Waals surface area contributed by atoms with Crippen molar-refractivity contribution >= 4 is 72.9 Å². The molecule has 0 radical (unpaired) electrons. The lowest BCUT2D eigenvalue weighted by Crippen LogP contribution is -2.00. The van der Waals surface area contributed by atoms with Crippen LogP contribution in [0.4, 0.5) is 0 Å². The average Bonchev–Trinajstić information content (AvgIpc) is 0.811. The minimum Gasteiger partial charge on any atom is -0.208 e. The highest BCUT2D eigenvalue weighted by Crippen LogP contribution is 2.34. The molecule has 12 aromatic carbocycles. The molecule has 0 amide bonds. The van der Waals surface area contributed by atoms with E-state index in [2.05, 4.69) is 364 Å². The van der Waals surface area contributed by atoms with Gasteiger partial charge in [-0.2, -0.15) is 0 Å². The Morgan fingerprint density at radius 3 is 0.213 bits per heavy atom. The SMILES string of the molecule is C1=Cc2ccc(cc2)-c2nc3nc(n2)-c2ccc(cc2)/C=C\c2ccc(cc2)-c2nc4nc(n2)-c2ccc(cc2)/C=C/c2ccc(cc2)-c2nc(nc(n2)-c2ccc(cc2)/C=C\c2ccc-3cc2)-c2ccc(cc2)/C=C\c2ccc(cc2)-c2nc(nc(n2)-c2ccc(cc2)/C=C\c2ccc-4cc2)-c2ccc1cc2. The second kappa shape index (κ2) is 28.1. The highest BCUT2D eigenvalue weighted by molar-refractivity contribution is 5.82. The first-order valence-electron chi connectivity index (χ1n) is 35.7. The average molecular weight is 1380 g/mol. The summed E-state index contributed by atoms with van der Waals surface area (Å²) in [5, 5.41) is 0. The maximum absolute atomic E-state index is 5.16. The fraction of sp³-hybridized carbons (Fsp3) is 0. The Hall–Kier alpha value is -14.9. The maximum Gasteiger partial charge on any atom is 0.164 e. The van der Waals surface area contributed by atoms with E-state index < -0.39 is 0 Å². The smallest absolute Gasteiger partial charge is 0.164 e. The normalized spacial score (nSPS) is 13.7. The number of benzene rings is 12. The van der Waals surface area contributed by atoms with Gasteiger partial charge in [0.15, 0.2) is 69.9 Å². The second-order valence-corrected chi connectivity index (χ2v) is 26.7. The molecule has 44 heterocycles. The Morgan fingerprint density at radius 1 is 0.0833 bits per heavy atom. The molecular weight excluding hydrogens is 1320 g/mol. The summed E-state index contributed by atoms with van der Waals surface area (Å²) in [4.78, 5) is 61.9. The summed E-state index contributed by atoms with van der Waals surface area (Å²) in [6.07, 6.45) is 25.3. The van der Waals surface area contributed by atoms with Crippen molar-refractivity contribution in [2.45, 2.75) is 0 Å². The van der Waals surface area contributed by atoms with Gasteiger partial charge in [0.05, 0.1) is 0 Å². The third-order valence-corrected chi connectivity index (χ3v) is 19.4. The molecule has 4 aromatic heterocycles. The molecule has 40 aliphatic rings. The summed E-state index contributed by atoms with van der Waals surface area (Å²) >= 11 is 0. The van der Waals surface area contributed by atoms with Gasteiger partial charge in [-0.1, -0.05) is 364 Å². The van der Waals surface area contributed by atoms with E-state index in [1.54, 1.807) is 0 Å². The lowest BCUT2D eigenvalue weighted by atomic mass is 10.1. The van der Waals surface area contributed by atoms with Crippen molar-refractivity contribution in [3.05, 3.63) is 358 Å². The Morgan fingerprint density at radius 2 is 0.148 bits per heavy atom. The molecule has 0 spiro atoms. The topological polar surface area (TPSA) is 155 Å². The van der Waals surface area contributed by atoms with Crippen LogP contribution in [-0.4, -0.2) is 59.8 Å². The monoisotopic (exact) mass is 1380 g/mol. The molecule has 36 bridgehead atoms. The Bertz CT molecular complexity index is 4830. The van der Waals surface area contributed by atoms with Gasteiger partial charge in [0, 0.05) is 66.8 Å². The second-order valence-electron chi connectivity index (χ2n) is 26.7. The number of nitrogens with zero attached hydrogens (tertiary/aromatic N) is 12. The van der Waals surface area contributed by atoms with E-state index in [-0.39, 0.29) is 0 Å². The molecule has 0 fully saturated rings. The summed E-state index contributed by atoms with van der Waals surface area (Å²) in [5.74, 6) is 6.67. The summed E-state index contributed by atoms with van der Waals surface area (Å²) in [6, 6.07) is 99.7. The predicted octanol–water partition coefficient (Wildman–Crippen LogP) is 22.4. The van der Waals surface area contributed by atoms with E-state index in [0.717, 1.165) is 134 Å². The first kappa shape index (κ1) is 64.0. The van der Waals surface area contributed by atoms with Crippen molar-refractivity contribution in [2.24, 2.45) is 0 Å². The van der Waals surface area contributed by atoms with Gasteiger partial charge >= 0.3 is 0 Å². The van der Waals surface area contributed by atoms with Gasteiger partial charge < -0.3 is 0 Å². The van der Waals surface area contributed by atoms with Crippen molar-refractivity contribution in [2.75, 3.05) is 0 Å². The van der Waals surface area contributed by atoms with E-state index >= 15 is 0 Å². The van der Waals surface area contributed by atoms with Gasteiger partial charge in [-0.25, -0.2) is 59.8 Å². The zero-order valence-electron chi connectivity index (χ0n) is 58.0. The zero-order chi connectivity index (χ0) is 71.7. The highest BCUT2D eigenvalue weighted by atomic mass is 15.1. The van der Waals surface area contributed by atoms with E-state index in [1.807, 2.05) is 0 Å². The van der Waals surface area contributed by atoms with Gasteiger partial charge in [-0.15, -0.1) is 0 Å². The van der Waals surface area contributed by atoms with Crippen LogP contribution in [0, 0.1) is 0 Å². The molecule has 504 valence electrons. The van der Waals surface area contributed by atoms with Crippen LogP contribution in [0.25, 0.3) is 210 Å². The van der Waals surface area contributed by atoms with Crippen LogP contribution in [0.3, 0.4) is 0 Å². The molecule has 40 aliphatic heterocycles. The number of rotatable bonds is 0. The van der Waals surface area contributed by atoms with Gasteiger partial charge in [-0.3, -0.25) is 0 Å². The van der Waals surface area contributed by atoms with Crippen molar-refractivity contribution in [1.29, 1.82) is 0 Å². The third-order valence-electron chi connectivity index (χ3n) is 19.4. The standard InChI is InChI=1S/C96H60N12/c1-2-62-15-39-74(40-16-62)86-99-89-77-45-21-65(22-46-77)7-9-69-29-53-81(54-30-69)93-103-91-79-49-25-67(26-50-79)5-3-63-17-41-75(42-18-63)87-97-85(73-37-13-61(1)14-38-73)98-88(101-87)76-43-19-64(20-44-76)4-6-68-27-51-80(52-28-68)92-104-94(82-55-31-70(32-56-82)10-8-66-23-47-78(48-24-66)90(100-86)102-89)108-96(106-92)84-59-35-72(36-60-84)12-11-71-33-57-83(58-34-71)95(105-91)107-93/h1-60H/b2-1-,5-3-,6-4+,9-7?,10-8-,12-11-. The lowest BCUT2D eigenvalue weighted by Gasteiger charge is -2.09. The summed E-state index contributed by atoms with van der Waals surface area (Å²) in [6.45, 7) is 0. The summed E-state index contributed by atoms with van der Waals surface area (Å²) in [7, 11) is 0. The van der Waals surface area contributed by atoms with Crippen LogP contribution >= 0.6 is 0 Å². The van der Waals surface area contributed by atoms with Crippen LogP contribution in [0.2, 0.25) is 0 Å². The van der Waals surface area contributed by atoms with Crippen LogP contribution in [0.1, 0.15) is 66.8 Å². The molecular formula is C96H60N12. The van der Waals surface area contributed by atoms with Crippen LogP contribution in [0.15, 0.2) is 291 Å². The maximum atomic E-state index is 5.16. The molecule has 56 rings (SSSR count). The number of hydrogen-bond acceptors (Lipinski definition) is 12. The minimum atomic E-state index is 0.556. The van der Waals surface area contributed by atoms with Crippen LogP contribution in [-0.2, 0) is 0 Å². The molecule has 108 heavy (non-hydrogen) atoms. The largest absolute Gasteiger partial charge is 0.208 e. The summed E-state index contributed by atoms with van der Waals surface area (Å²) < 4.78 is 0. The van der Waals surface area contributed by atoms with Gasteiger partial charge in [0.25, 0.3) is 0 Å². The molecule has 0 atom stereocenters. The minimum absolute atomic E-state index is 0.556. The van der Waals surface area contributed by atoms with Crippen LogP contribution in [0.5, 0.6) is 0 Å². The number of hydrogen-bond donors (Lipinski definition) is 0. The van der Waals surface area contributed by atoms with E-state index in [4.69, 9.17) is 59.8 Å². The first-order chi connectivity index (χ1) is 53.3. The van der Waals surface area contributed by atoms with E-state index in [0.29, 0.717) is 69.9 Å². The van der Waals surface area contributed by atoms with Crippen molar-refractivity contribution in [3.8, 4) is 137 Å². The predicted molar refractivity (Wildman–Crippen MR) is 438 cm³/mol.